The molecule has 0 unspecified atom stereocenters. The van der Waals surface area contributed by atoms with Crippen LogP contribution in [-0.2, 0) is 14.4 Å². The minimum atomic E-state index is -1.23. The quantitative estimate of drug-likeness (QED) is 0.512. The minimum absolute atomic E-state index is 0. The average molecular weight is 282 g/mol. The Morgan fingerprint density at radius 1 is 1.47 bits per heavy atom. The maximum absolute atomic E-state index is 11.9. The summed E-state index contributed by atoms with van der Waals surface area (Å²) in [4.78, 5) is 35.0. The Morgan fingerprint density at radius 3 is 2.71 bits per heavy atom. The minimum Gasteiger partial charge on any atom is -0.548 e. The first kappa shape index (κ1) is 15.5. The van der Waals surface area contributed by atoms with Gasteiger partial charge in [0.1, 0.15) is 6.04 Å². The molecule has 2 atom stereocenters. The van der Waals surface area contributed by atoms with Crippen molar-refractivity contribution in [3.8, 4) is 0 Å². The molecule has 0 aliphatic carbocycles. The molecule has 1 N–H and O–H groups in total. The Labute approximate surface area is 145 Å². The van der Waals surface area contributed by atoms with Gasteiger partial charge in [0.15, 0.2) is 0 Å². The standard InChI is InChI=1S/C9H12N2O4S.K/c12-7-2-1-5(10-7)8(13)11-4-16-3-6(11)9(14)15;/h5-6H,1-4H2,(H,10,12)(H,14,15);/q;+1/p-1/t5-,6-;/m0./s1. The van der Waals surface area contributed by atoms with Crippen LogP contribution in [0.3, 0.4) is 0 Å². The Hall–Kier alpha value is 0.396. The van der Waals surface area contributed by atoms with Gasteiger partial charge in [0.05, 0.1) is 17.9 Å². The van der Waals surface area contributed by atoms with Crippen molar-refractivity contribution in [1.82, 2.24) is 10.2 Å². The van der Waals surface area contributed by atoms with Crippen LogP contribution < -0.4 is 61.8 Å². The predicted octanol–water partition coefficient (Wildman–Crippen LogP) is -5.08. The molecular weight excluding hydrogens is 271 g/mol. The van der Waals surface area contributed by atoms with Gasteiger partial charge in [-0.1, -0.05) is 0 Å². The second-order valence-corrected chi connectivity index (χ2v) is 4.80. The monoisotopic (exact) mass is 282 g/mol. The van der Waals surface area contributed by atoms with Crippen molar-refractivity contribution < 1.29 is 70.9 Å². The van der Waals surface area contributed by atoms with Crippen molar-refractivity contribution in [2.75, 3.05) is 11.6 Å². The fourth-order valence-electron chi connectivity index (χ4n) is 1.85. The number of carbonyl (C=O) groups is 3. The van der Waals surface area contributed by atoms with E-state index in [4.69, 9.17) is 0 Å². The van der Waals surface area contributed by atoms with E-state index in [2.05, 4.69) is 5.32 Å². The number of carbonyl (C=O) groups excluding carboxylic acids is 3. The number of nitrogens with one attached hydrogen (secondary N) is 1. The van der Waals surface area contributed by atoms with Gasteiger partial charge in [0.25, 0.3) is 0 Å². The molecule has 2 heterocycles. The van der Waals surface area contributed by atoms with Gasteiger partial charge in [0.2, 0.25) is 11.8 Å². The average Bonchev–Trinajstić information content (AvgIpc) is 2.84. The molecule has 88 valence electrons. The van der Waals surface area contributed by atoms with E-state index in [9.17, 15) is 19.5 Å². The van der Waals surface area contributed by atoms with Crippen LogP contribution in [0.4, 0.5) is 0 Å². The van der Waals surface area contributed by atoms with E-state index in [0.29, 0.717) is 24.5 Å². The van der Waals surface area contributed by atoms with Gasteiger partial charge in [0, 0.05) is 12.2 Å². The summed E-state index contributed by atoms with van der Waals surface area (Å²) < 4.78 is 0. The fourth-order valence-corrected chi connectivity index (χ4v) is 3.00. The largest absolute Gasteiger partial charge is 1.00 e. The molecule has 17 heavy (non-hydrogen) atoms. The number of thioether (sulfide) groups is 1. The number of carboxylic acid groups (broad SMARTS) is 1. The van der Waals surface area contributed by atoms with Crippen molar-refractivity contribution in [1.29, 1.82) is 0 Å². The van der Waals surface area contributed by atoms with Crippen molar-refractivity contribution in [3.05, 3.63) is 0 Å². The molecule has 2 saturated heterocycles. The molecule has 0 aromatic rings. The normalized spacial score (nSPS) is 27.5. The Morgan fingerprint density at radius 2 is 2.18 bits per heavy atom. The van der Waals surface area contributed by atoms with Crippen molar-refractivity contribution in [3.63, 3.8) is 0 Å². The van der Waals surface area contributed by atoms with Gasteiger partial charge in [-0.25, -0.2) is 0 Å². The van der Waals surface area contributed by atoms with Gasteiger partial charge >= 0.3 is 51.4 Å². The molecule has 0 spiro atoms. The fraction of sp³-hybridized carbons (Fsp3) is 0.667. The summed E-state index contributed by atoms with van der Waals surface area (Å²) in [5.74, 6) is -0.999. The summed E-state index contributed by atoms with van der Waals surface area (Å²) in [6.45, 7) is 0. The number of carboxylic acids is 1. The van der Waals surface area contributed by atoms with E-state index in [1.807, 2.05) is 0 Å². The smallest absolute Gasteiger partial charge is 0.548 e. The summed E-state index contributed by atoms with van der Waals surface area (Å²) in [6, 6.07) is -1.43. The Bertz CT molecular complexity index is 352. The molecule has 2 rings (SSSR count). The van der Waals surface area contributed by atoms with E-state index in [-0.39, 0.29) is 63.2 Å². The molecule has 0 saturated carbocycles. The molecule has 0 aromatic carbocycles. The first-order valence-electron chi connectivity index (χ1n) is 4.98. The summed E-state index contributed by atoms with van der Waals surface area (Å²) in [7, 11) is 0. The Kier molecular flexibility index (Phi) is 5.94. The molecule has 2 amide bonds. The summed E-state index contributed by atoms with van der Waals surface area (Å²) in [5.41, 5.74) is 0. The van der Waals surface area contributed by atoms with E-state index in [0.717, 1.165) is 0 Å². The van der Waals surface area contributed by atoms with Gasteiger partial charge in [-0.2, -0.15) is 0 Å². The van der Waals surface area contributed by atoms with Gasteiger partial charge in [-0.3, -0.25) is 9.59 Å². The summed E-state index contributed by atoms with van der Waals surface area (Å²) in [6.07, 6.45) is 0.770. The van der Waals surface area contributed by atoms with Gasteiger partial charge in [-0.15, -0.1) is 11.8 Å². The molecule has 0 bridgehead atoms. The van der Waals surface area contributed by atoms with Crippen molar-refractivity contribution in [2.24, 2.45) is 0 Å². The zero-order valence-corrected chi connectivity index (χ0v) is 13.4. The third-order valence-corrected chi connectivity index (χ3v) is 3.74. The number of rotatable bonds is 2. The van der Waals surface area contributed by atoms with E-state index < -0.39 is 18.1 Å². The molecule has 2 aliphatic heterocycles. The van der Waals surface area contributed by atoms with E-state index in [1.54, 1.807) is 0 Å². The van der Waals surface area contributed by atoms with E-state index >= 15 is 0 Å². The molecule has 0 radical (unpaired) electrons. The van der Waals surface area contributed by atoms with Crippen LogP contribution in [-0.4, -0.2) is 46.4 Å². The third-order valence-electron chi connectivity index (χ3n) is 2.73. The van der Waals surface area contributed by atoms with Gasteiger partial charge in [-0.05, 0) is 6.42 Å². The van der Waals surface area contributed by atoms with Crippen molar-refractivity contribution in [2.45, 2.75) is 24.9 Å². The first-order chi connectivity index (χ1) is 7.59. The topological polar surface area (TPSA) is 89.5 Å². The Balaban J connectivity index is 0.00000144. The zero-order valence-electron chi connectivity index (χ0n) is 9.47. The SMILES string of the molecule is O=C1CC[C@@H](C(=O)N2CSC[C@H]2C(=O)[O-])N1.[K+]. The number of hydrogen-bond acceptors (Lipinski definition) is 5. The number of hydrogen-bond donors (Lipinski definition) is 1. The second-order valence-electron chi connectivity index (χ2n) is 3.80. The maximum Gasteiger partial charge on any atom is 1.00 e. The molecule has 2 fully saturated rings. The molecule has 6 nitrogen and oxygen atoms in total. The predicted molar refractivity (Wildman–Crippen MR) is 54.1 cm³/mol. The third kappa shape index (κ3) is 3.45. The zero-order chi connectivity index (χ0) is 11.7. The molecule has 0 aromatic heterocycles. The first-order valence-corrected chi connectivity index (χ1v) is 6.13. The van der Waals surface area contributed by atoms with Crippen LogP contribution in [0.15, 0.2) is 0 Å². The van der Waals surface area contributed by atoms with Crippen LogP contribution in [0.1, 0.15) is 12.8 Å². The molecular formula is C9H11KN2O4S. The van der Waals surface area contributed by atoms with Crippen molar-refractivity contribution >= 4 is 29.5 Å². The number of amides is 2. The number of nitrogens with zero attached hydrogens (tertiary/aromatic N) is 1. The van der Waals surface area contributed by atoms with Crippen LogP contribution in [0.25, 0.3) is 0 Å². The maximum atomic E-state index is 11.9. The summed E-state index contributed by atoms with van der Waals surface area (Å²) >= 11 is 1.38. The summed E-state index contributed by atoms with van der Waals surface area (Å²) in [5, 5.41) is 13.3. The van der Waals surface area contributed by atoms with Crippen LogP contribution in [0.2, 0.25) is 0 Å². The second kappa shape index (κ2) is 6.53. The van der Waals surface area contributed by atoms with Crippen LogP contribution in [0, 0.1) is 0 Å². The van der Waals surface area contributed by atoms with Crippen LogP contribution in [0.5, 0.6) is 0 Å². The molecule has 2 aliphatic rings. The van der Waals surface area contributed by atoms with Crippen LogP contribution >= 0.6 is 11.8 Å². The molecule has 8 heteroatoms. The van der Waals surface area contributed by atoms with Gasteiger partial charge < -0.3 is 20.1 Å². The van der Waals surface area contributed by atoms with E-state index in [1.165, 1.54) is 16.7 Å². The number of aliphatic carboxylic acids is 1.